The van der Waals surface area contributed by atoms with Crippen molar-refractivity contribution in [2.45, 2.75) is 38.3 Å². The number of hydrogen-bond acceptors (Lipinski definition) is 4. The van der Waals surface area contributed by atoms with Gasteiger partial charge in [-0.3, -0.25) is 14.4 Å². The first-order valence-electron chi connectivity index (χ1n) is 11.5. The highest BCUT2D eigenvalue weighted by molar-refractivity contribution is 5.99. The minimum atomic E-state index is -0.585. The molecule has 34 heavy (non-hydrogen) atoms. The minimum Gasteiger partial charge on any atom is -0.496 e. The Bertz CT molecular complexity index is 1290. The molecule has 0 saturated heterocycles. The van der Waals surface area contributed by atoms with Crippen LogP contribution in [0.15, 0.2) is 66.2 Å². The quantitative estimate of drug-likeness (QED) is 0.499. The van der Waals surface area contributed by atoms with Crippen molar-refractivity contribution in [2.75, 3.05) is 13.7 Å². The Labute approximate surface area is 198 Å². The second-order valence-electron chi connectivity index (χ2n) is 8.45. The van der Waals surface area contributed by atoms with Crippen LogP contribution < -0.4 is 20.8 Å². The molecule has 0 bridgehead atoms. The number of ether oxygens (including phenoxy) is 1. The molecule has 0 unspecified atom stereocenters. The summed E-state index contributed by atoms with van der Waals surface area (Å²) in [7, 11) is 1.58. The van der Waals surface area contributed by atoms with Gasteiger partial charge in [0, 0.05) is 37.1 Å². The minimum absolute atomic E-state index is 0.0378. The van der Waals surface area contributed by atoms with Gasteiger partial charge in [0.05, 0.1) is 7.11 Å². The number of nitrogens with zero attached hydrogens (tertiary/aromatic N) is 1. The van der Waals surface area contributed by atoms with Crippen LogP contribution in [0.4, 0.5) is 0 Å². The second-order valence-corrected chi connectivity index (χ2v) is 8.45. The van der Waals surface area contributed by atoms with Gasteiger partial charge in [0.2, 0.25) is 5.43 Å². The molecule has 0 atom stereocenters. The molecule has 3 aromatic rings. The highest BCUT2D eigenvalue weighted by atomic mass is 16.5. The molecule has 0 radical (unpaired) electrons. The predicted molar refractivity (Wildman–Crippen MR) is 132 cm³/mol. The molecule has 7 heteroatoms. The van der Waals surface area contributed by atoms with E-state index < -0.39 is 17.2 Å². The SMILES string of the molecule is C=CCNC(=O)c1cn(C2CCCC2)cc(C(=O)NCc2c(OC)ccc3ccccc23)c1=O. The zero-order chi connectivity index (χ0) is 24.1. The van der Waals surface area contributed by atoms with E-state index in [0.717, 1.165) is 42.0 Å². The van der Waals surface area contributed by atoms with E-state index in [2.05, 4.69) is 17.2 Å². The van der Waals surface area contributed by atoms with Crippen LogP contribution in [0.3, 0.4) is 0 Å². The van der Waals surface area contributed by atoms with E-state index in [-0.39, 0.29) is 30.3 Å². The summed E-state index contributed by atoms with van der Waals surface area (Å²) in [5.41, 5.74) is 0.157. The maximum absolute atomic E-state index is 13.2. The largest absolute Gasteiger partial charge is 0.496 e. The third-order valence-electron chi connectivity index (χ3n) is 6.33. The maximum Gasteiger partial charge on any atom is 0.257 e. The van der Waals surface area contributed by atoms with E-state index in [0.29, 0.717) is 5.75 Å². The first-order valence-corrected chi connectivity index (χ1v) is 11.5. The van der Waals surface area contributed by atoms with E-state index in [9.17, 15) is 14.4 Å². The number of pyridine rings is 1. The van der Waals surface area contributed by atoms with E-state index >= 15 is 0 Å². The fourth-order valence-corrected chi connectivity index (χ4v) is 4.55. The molecular formula is C27H29N3O4. The van der Waals surface area contributed by atoms with E-state index in [1.54, 1.807) is 25.6 Å². The summed E-state index contributed by atoms with van der Waals surface area (Å²) in [5.74, 6) is -0.382. The number of methoxy groups -OCH3 is 1. The summed E-state index contributed by atoms with van der Waals surface area (Å²) in [5, 5.41) is 7.50. The smallest absolute Gasteiger partial charge is 0.257 e. The van der Waals surface area contributed by atoms with Gasteiger partial charge in [-0.2, -0.15) is 0 Å². The normalized spacial score (nSPS) is 13.6. The van der Waals surface area contributed by atoms with Gasteiger partial charge in [0.25, 0.3) is 11.8 Å². The van der Waals surface area contributed by atoms with Crippen LogP contribution in [-0.2, 0) is 6.54 Å². The van der Waals surface area contributed by atoms with Gasteiger partial charge in [0.15, 0.2) is 0 Å². The Morgan fingerprint density at radius 1 is 1.06 bits per heavy atom. The molecule has 0 spiro atoms. The molecule has 1 aliphatic carbocycles. The lowest BCUT2D eigenvalue weighted by molar-refractivity contribution is 0.0948. The summed E-state index contributed by atoms with van der Waals surface area (Å²) in [6.07, 6.45) is 8.76. The first-order chi connectivity index (χ1) is 16.5. The number of aromatic nitrogens is 1. The molecule has 2 N–H and O–H groups in total. The second kappa shape index (κ2) is 10.4. The average Bonchev–Trinajstić information content (AvgIpc) is 3.40. The van der Waals surface area contributed by atoms with Crippen LogP contribution in [0.25, 0.3) is 10.8 Å². The van der Waals surface area contributed by atoms with Crippen molar-refractivity contribution in [3.05, 3.63) is 88.4 Å². The number of amides is 2. The molecular weight excluding hydrogens is 430 g/mol. The van der Waals surface area contributed by atoms with Crippen LogP contribution in [0.5, 0.6) is 5.75 Å². The third-order valence-corrected chi connectivity index (χ3v) is 6.33. The third kappa shape index (κ3) is 4.73. The van der Waals surface area contributed by atoms with Gasteiger partial charge < -0.3 is 19.9 Å². The van der Waals surface area contributed by atoms with E-state index in [4.69, 9.17) is 4.74 Å². The first kappa shape index (κ1) is 23.3. The van der Waals surface area contributed by atoms with Crippen LogP contribution in [-0.4, -0.2) is 30.0 Å². The molecule has 1 aliphatic rings. The lowest BCUT2D eigenvalue weighted by atomic mass is 10.0. The van der Waals surface area contributed by atoms with Gasteiger partial charge >= 0.3 is 0 Å². The number of nitrogens with one attached hydrogen (secondary N) is 2. The van der Waals surface area contributed by atoms with Crippen LogP contribution in [0, 0.1) is 0 Å². The van der Waals surface area contributed by atoms with Crippen molar-refractivity contribution >= 4 is 22.6 Å². The zero-order valence-corrected chi connectivity index (χ0v) is 19.3. The molecule has 2 aromatic carbocycles. The molecule has 176 valence electrons. The van der Waals surface area contributed by atoms with Crippen LogP contribution in [0.2, 0.25) is 0 Å². The lowest BCUT2D eigenvalue weighted by Crippen LogP contribution is -2.35. The summed E-state index contributed by atoms with van der Waals surface area (Å²) in [4.78, 5) is 39.0. The molecule has 2 amide bonds. The van der Waals surface area contributed by atoms with Crippen LogP contribution >= 0.6 is 0 Å². The number of fused-ring (bicyclic) bond motifs is 1. The number of benzene rings is 2. The van der Waals surface area contributed by atoms with Gasteiger partial charge in [-0.25, -0.2) is 0 Å². The Hall–Kier alpha value is -3.87. The highest BCUT2D eigenvalue weighted by Gasteiger charge is 2.23. The fraction of sp³-hybridized carbons (Fsp3) is 0.296. The number of carbonyl (C=O) groups excluding carboxylic acids is 2. The Morgan fingerprint density at radius 3 is 2.41 bits per heavy atom. The van der Waals surface area contributed by atoms with Gasteiger partial charge in [-0.15, -0.1) is 6.58 Å². The Kier molecular flexibility index (Phi) is 7.11. The molecule has 1 heterocycles. The van der Waals surface area contributed by atoms with E-state index in [1.165, 1.54) is 0 Å². The molecule has 1 aromatic heterocycles. The zero-order valence-electron chi connectivity index (χ0n) is 19.3. The fourth-order valence-electron chi connectivity index (χ4n) is 4.55. The molecule has 1 saturated carbocycles. The van der Waals surface area contributed by atoms with Crippen molar-refractivity contribution in [2.24, 2.45) is 0 Å². The standard InChI is InChI=1S/C27H29N3O4/c1-3-14-28-26(32)22-16-30(19-9-5-6-10-19)17-23(25(22)31)27(33)29-15-21-20-11-7-4-8-18(20)12-13-24(21)34-2/h3-4,7-8,11-13,16-17,19H,1,5-6,9-10,14-15H2,2H3,(H,28,32)(H,29,33). The lowest BCUT2D eigenvalue weighted by Gasteiger charge is -2.18. The molecule has 7 nitrogen and oxygen atoms in total. The van der Waals surface area contributed by atoms with Crippen molar-refractivity contribution in [3.8, 4) is 5.75 Å². The number of rotatable bonds is 8. The molecule has 1 fully saturated rings. The molecule has 0 aliphatic heterocycles. The number of carbonyl (C=O) groups is 2. The monoisotopic (exact) mass is 459 g/mol. The Morgan fingerprint density at radius 2 is 1.74 bits per heavy atom. The molecule has 4 rings (SSSR count). The van der Waals surface area contributed by atoms with Gasteiger partial charge in [-0.05, 0) is 29.7 Å². The van der Waals surface area contributed by atoms with Crippen molar-refractivity contribution in [1.29, 1.82) is 0 Å². The van der Waals surface area contributed by atoms with Gasteiger partial charge in [-0.1, -0.05) is 49.2 Å². The summed E-state index contributed by atoms with van der Waals surface area (Å²) in [6.45, 7) is 4.01. The number of hydrogen-bond donors (Lipinski definition) is 2. The Balaban J connectivity index is 1.67. The summed E-state index contributed by atoms with van der Waals surface area (Å²) >= 11 is 0. The summed E-state index contributed by atoms with van der Waals surface area (Å²) < 4.78 is 7.36. The van der Waals surface area contributed by atoms with E-state index in [1.807, 2.05) is 41.0 Å². The van der Waals surface area contributed by atoms with Crippen LogP contribution in [0.1, 0.15) is 58.0 Å². The topological polar surface area (TPSA) is 89.4 Å². The maximum atomic E-state index is 13.2. The van der Waals surface area contributed by atoms with Crippen molar-refractivity contribution < 1.29 is 14.3 Å². The summed E-state index contributed by atoms with van der Waals surface area (Å²) in [6, 6.07) is 11.8. The van der Waals surface area contributed by atoms with Crippen molar-refractivity contribution in [3.63, 3.8) is 0 Å². The highest BCUT2D eigenvalue weighted by Crippen LogP contribution is 2.30. The predicted octanol–water partition coefficient (Wildman–Crippen LogP) is 3.97. The van der Waals surface area contributed by atoms with Crippen molar-refractivity contribution in [1.82, 2.24) is 15.2 Å². The average molecular weight is 460 g/mol. The van der Waals surface area contributed by atoms with Gasteiger partial charge in [0.1, 0.15) is 16.9 Å².